The van der Waals surface area contributed by atoms with Crippen molar-refractivity contribution in [3.05, 3.63) is 29.7 Å². The fourth-order valence-electron chi connectivity index (χ4n) is 1.60. The van der Waals surface area contributed by atoms with E-state index in [9.17, 15) is 0 Å². The number of rotatable bonds is 6. The molecule has 2 aromatic heterocycles. The Morgan fingerprint density at radius 1 is 1.42 bits per heavy atom. The van der Waals surface area contributed by atoms with Crippen LogP contribution in [-0.4, -0.2) is 20.4 Å². The molecular weight excluding hydrogens is 276 g/mol. The molecule has 2 aromatic rings. The monoisotopic (exact) mass is 294 g/mol. The lowest BCUT2D eigenvalue weighted by Crippen LogP contribution is -2.21. The number of pyridine rings is 1. The molecule has 4 nitrogen and oxygen atoms in total. The van der Waals surface area contributed by atoms with Crippen molar-refractivity contribution in [3.63, 3.8) is 0 Å². The quantitative estimate of drug-likeness (QED) is 0.887. The van der Waals surface area contributed by atoms with E-state index in [1.807, 2.05) is 12.3 Å². The molecule has 0 saturated heterocycles. The number of hydrogen-bond acceptors (Lipinski definition) is 6. The van der Waals surface area contributed by atoms with E-state index in [4.69, 9.17) is 5.73 Å². The number of aromatic nitrogens is 3. The van der Waals surface area contributed by atoms with E-state index < -0.39 is 0 Å². The smallest absolute Gasteiger partial charge is 0.176 e. The molecular formula is C13H18N4S2. The minimum Gasteiger partial charge on any atom is -0.327 e. The fraction of sp³-hybridized carbons (Fsp3) is 0.462. The molecule has 0 aliphatic rings. The second-order valence-corrected chi connectivity index (χ2v) is 6.26. The Bertz CT molecular complexity index is 527. The maximum absolute atomic E-state index is 6.03. The van der Waals surface area contributed by atoms with Crippen LogP contribution in [0, 0.1) is 0 Å². The molecule has 0 aliphatic carbocycles. The first-order valence-corrected chi connectivity index (χ1v) is 8.01. The number of hydrogen-bond donors (Lipinski definition) is 1. The molecule has 0 spiro atoms. The Kier molecular flexibility index (Phi) is 5.30. The highest BCUT2D eigenvalue weighted by Crippen LogP contribution is 2.30. The van der Waals surface area contributed by atoms with Crippen LogP contribution in [-0.2, 0) is 12.8 Å². The van der Waals surface area contributed by atoms with Gasteiger partial charge >= 0.3 is 0 Å². The summed E-state index contributed by atoms with van der Waals surface area (Å²) in [5, 5.41) is 0.991. The molecule has 6 heteroatoms. The van der Waals surface area contributed by atoms with Crippen molar-refractivity contribution < 1.29 is 0 Å². The Balaban J connectivity index is 2.15. The average molecular weight is 294 g/mol. The van der Waals surface area contributed by atoms with Crippen LogP contribution in [0.4, 0.5) is 0 Å². The van der Waals surface area contributed by atoms with E-state index in [2.05, 4.69) is 34.3 Å². The van der Waals surface area contributed by atoms with E-state index in [0.29, 0.717) is 0 Å². The van der Waals surface area contributed by atoms with Gasteiger partial charge in [-0.1, -0.05) is 19.9 Å². The number of nitrogens with zero attached hydrogens (tertiary/aromatic N) is 3. The van der Waals surface area contributed by atoms with Crippen LogP contribution in [0.2, 0.25) is 0 Å². The zero-order valence-corrected chi connectivity index (χ0v) is 12.8. The normalized spacial score (nSPS) is 12.6. The Morgan fingerprint density at radius 2 is 2.26 bits per heavy atom. The van der Waals surface area contributed by atoms with Gasteiger partial charge in [-0.15, -0.1) is 0 Å². The van der Waals surface area contributed by atoms with Gasteiger partial charge in [0.05, 0.1) is 0 Å². The standard InChI is InChI=1S/C13H18N4S2/c1-3-10(14)8-9-6-5-7-15-12(9)18-13-16-11(4-2)17-19-13/h5-7,10H,3-4,8,14H2,1-2H3. The summed E-state index contributed by atoms with van der Waals surface area (Å²) in [7, 11) is 0. The second-order valence-electron chi connectivity index (χ2n) is 4.27. The molecule has 0 amide bonds. The van der Waals surface area contributed by atoms with Crippen LogP contribution in [0.15, 0.2) is 27.7 Å². The van der Waals surface area contributed by atoms with Crippen LogP contribution >= 0.6 is 23.3 Å². The van der Waals surface area contributed by atoms with Crippen LogP contribution in [0.5, 0.6) is 0 Å². The molecule has 1 atom stereocenters. The fourth-order valence-corrected chi connectivity index (χ4v) is 3.31. The van der Waals surface area contributed by atoms with Crippen LogP contribution in [0.3, 0.4) is 0 Å². The topological polar surface area (TPSA) is 64.7 Å². The third kappa shape index (κ3) is 3.99. The van der Waals surface area contributed by atoms with Gasteiger partial charge in [0.1, 0.15) is 10.9 Å². The molecule has 0 aliphatic heterocycles. The van der Waals surface area contributed by atoms with E-state index in [-0.39, 0.29) is 6.04 Å². The number of aryl methyl sites for hydroxylation is 1. The van der Waals surface area contributed by atoms with Crippen molar-refractivity contribution in [1.29, 1.82) is 0 Å². The maximum atomic E-state index is 6.03. The summed E-state index contributed by atoms with van der Waals surface area (Å²) in [6, 6.07) is 4.23. The Labute approximate surface area is 122 Å². The molecule has 2 rings (SSSR count). The second kappa shape index (κ2) is 6.98. The van der Waals surface area contributed by atoms with Gasteiger partial charge < -0.3 is 5.73 Å². The minimum atomic E-state index is 0.184. The highest BCUT2D eigenvalue weighted by Gasteiger charge is 2.11. The van der Waals surface area contributed by atoms with Crippen molar-refractivity contribution in [1.82, 2.24) is 14.3 Å². The van der Waals surface area contributed by atoms with Crippen molar-refractivity contribution in [2.75, 3.05) is 0 Å². The first-order valence-electron chi connectivity index (χ1n) is 6.42. The first-order chi connectivity index (χ1) is 9.22. The van der Waals surface area contributed by atoms with Gasteiger partial charge in [-0.2, -0.15) is 4.37 Å². The molecule has 0 fully saturated rings. The van der Waals surface area contributed by atoms with Crippen molar-refractivity contribution in [2.45, 2.75) is 48.5 Å². The predicted molar refractivity (Wildman–Crippen MR) is 79.6 cm³/mol. The third-order valence-electron chi connectivity index (χ3n) is 2.81. The minimum absolute atomic E-state index is 0.184. The lowest BCUT2D eigenvalue weighted by Gasteiger charge is -2.11. The SMILES string of the molecule is CCc1nsc(Sc2ncccc2CC(N)CC)n1. The van der Waals surface area contributed by atoms with Gasteiger partial charge in [-0.3, -0.25) is 0 Å². The van der Waals surface area contributed by atoms with Crippen molar-refractivity contribution >= 4 is 23.3 Å². The van der Waals surface area contributed by atoms with Crippen molar-refractivity contribution in [2.24, 2.45) is 5.73 Å². The first kappa shape index (κ1) is 14.4. The van der Waals surface area contributed by atoms with Gasteiger partial charge in [0.25, 0.3) is 0 Å². The lowest BCUT2D eigenvalue weighted by molar-refractivity contribution is 0.637. The molecule has 19 heavy (non-hydrogen) atoms. The molecule has 0 bridgehead atoms. The average Bonchev–Trinajstić information content (AvgIpc) is 2.88. The highest BCUT2D eigenvalue weighted by molar-refractivity contribution is 8.00. The third-order valence-corrected chi connectivity index (χ3v) is 4.66. The highest BCUT2D eigenvalue weighted by atomic mass is 32.2. The van der Waals surface area contributed by atoms with Gasteiger partial charge in [-0.25, -0.2) is 9.97 Å². The predicted octanol–water partition coefficient (Wildman–Crippen LogP) is 2.93. The van der Waals surface area contributed by atoms with E-state index in [1.54, 1.807) is 11.8 Å². The molecule has 0 aromatic carbocycles. The summed E-state index contributed by atoms with van der Waals surface area (Å²) in [5.41, 5.74) is 7.22. The molecule has 0 saturated carbocycles. The zero-order chi connectivity index (χ0) is 13.7. The van der Waals surface area contributed by atoms with Crippen LogP contribution < -0.4 is 5.73 Å². The largest absolute Gasteiger partial charge is 0.327 e. The molecule has 2 heterocycles. The lowest BCUT2D eigenvalue weighted by atomic mass is 10.1. The summed E-state index contributed by atoms with van der Waals surface area (Å²) in [4.78, 5) is 8.91. The van der Waals surface area contributed by atoms with Crippen LogP contribution in [0.1, 0.15) is 31.7 Å². The van der Waals surface area contributed by atoms with Gasteiger partial charge in [0, 0.05) is 18.7 Å². The van der Waals surface area contributed by atoms with Gasteiger partial charge in [0.15, 0.2) is 4.34 Å². The summed E-state index contributed by atoms with van der Waals surface area (Å²) < 4.78 is 5.24. The summed E-state index contributed by atoms with van der Waals surface area (Å²) in [6.07, 6.45) is 4.50. The Morgan fingerprint density at radius 3 is 2.95 bits per heavy atom. The summed E-state index contributed by atoms with van der Waals surface area (Å²) in [6.45, 7) is 4.16. The van der Waals surface area contributed by atoms with E-state index in [0.717, 1.165) is 34.5 Å². The molecule has 102 valence electrons. The van der Waals surface area contributed by atoms with Crippen LogP contribution in [0.25, 0.3) is 0 Å². The van der Waals surface area contributed by atoms with Gasteiger partial charge in [0.2, 0.25) is 0 Å². The summed E-state index contributed by atoms with van der Waals surface area (Å²) >= 11 is 3.01. The number of nitrogens with two attached hydrogens (primary N) is 1. The maximum Gasteiger partial charge on any atom is 0.176 e. The van der Waals surface area contributed by atoms with Gasteiger partial charge in [-0.05, 0) is 47.8 Å². The molecule has 1 unspecified atom stereocenters. The summed E-state index contributed by atoms with van der Waals surface area (Å²) in [5.74, 6) is 0.898. The molecule has 2 N–H and O–H groups in total. The Hall–Kier alpha value is -0.980. The van der Waals surface area contributed by atoms with Crippen molar-refractivity contribution in [3.8, 4) is 0 Å². The van der Waals surface area contributed by atoms with E-state index in [1.165, 1.54) is 17.1 Å². The molecule has 0 radical (unpaired) electrons. The zero-order valence-electron chi connectivity index (χ0n) is 11.2. The van der Waals surface area contributed by atoms with E-state index >= 15 is 0 Å².